The number of rotatable bonds is 3. The number of amides is 1. The van der Waals surface area contributed by atoms with E-state index in [4.69, 9.17) is 11.6 Å². The normalized spacial score (nSPS) is 15.9. The van der Waals surface area contributed by atoms with Crippen molar-refractivity contribution in [2.24, 2.45) is 0 Å². The summed E-state index contributed by atoms with van der Waals surface area (Å²) in [5.74, 6) is 0.214. The largest absolute Gasteiger partial charge is 0.340 e. The molecule has 0 bridgehead atoms. The van der Waals surface area contributed by atoms with Crippen LogP contribution in [0.5, 0.6) is 0 Å². The highest BCUT2D eigenvalue weighted by Crippen LogP contribution is 2.22. The van der Waals surface area contributed by atoms with Gasteiger partial charge in [0.25, 0.3) is 5.91 Å². The molecule has 3 rings (SSSR count). The average Bonchev–Trinajstić information content (AvgIpc) is 2.98. The lowest BCUT2D eigenvalue weighted by Crippen LogP contribution is -2.31. The number of carbonyl (C=O) groups excluding carboxylic acids is 1. The van der Waals surface area contributed by atoms with Gasteiger partial charge in [0.2, 0.25) is 0 Å². The number of halogens is 1. The number of nitrogens with one attached hydrogen (secondary N) is 2. The Balaban J connectivity index is 1.77. The Morgan fingerprint density at radius 2 is 2.19 bits per heavy atom. The van der Waals surface area contributed by atoms with Crippen molar-refractivity contribution >= 4 is 23.3 Å². The summed E-state index contributed by atoms with van der Waals surface area (Å²) in [6.07, 6.45) is 5.32. The molecule has 0 unspecified atom stereocenters. The maximum Gasteiger partial charge on any atom is 0.273 e. The molecule has 0 atom stereocenters. The molecule has 6 nitrogen and oxygen atoms in total. The summed E-state index contributed by atoms with van der Waals surface area (Å²) in [6, 6.07) is 5.59. The lowest BCUT2D eigenvalue weighted by atomic mass is 10.1. The molecular formula is C14H16ClN5O. The zero-order chi connectivity index (χ0) is 14.7. The minimum Gasteiger partial charge on any atom is -0.340 e. The van der Waals surface area contributed by atoms with Crippen molar-refractivity contribution in [3.63, 3.8) is 0 Å². The van der Waals surface area contributed by atoms with Gasteiger partial charge in [-0.2, -0.15) is 0 Å². The summed E-state index contributed by atoms with van der Waals surface area (Å²) in [5, 5.41) is 6.38. The summed E-state index contributed by atoms with van der Waals surface area (Å²) in [7, 11) is 0. The molecule has 0 spiro atoms. The Bertz CT molecular complexity index is 636. The second-order valence-corrected chi connectivity index (χ2v) is 5.35. The molecule has 1 fully saturated rings. The second-order valence-electron chi connectivity index (χ2n) is 4.96. The smallest absolute Gasteiger partial charge is 0.273 e. The van der Waals surface area contributed by atoms with Gasteiger partial charge in [-0.15, -0.1) is 0 Å². The van der Waals surface area contributed by atoms with Crippen LogP contribution in [0.2, 0.25) is 5.15 Å². The van der Waals surface area contributed by atoms with Gasteiger partial charge in [0, 0.05) is 18.3 Å². The lowest BCUT2D eigenvalue weighted by Gasteiger charge is -2.25. The predicted octanol–water partition coefficient (Wildman–Crippen LogP) is 2.11. The minimum absolute atomic E-state index is 0.187. The molecular weight excluding hydrogens is 290 g/mol. The fourth-order valence-electron chi connectivity index (χ4n) is 2.57. The Labute approximate surface area is 127 Å². The van der Waals surface area contributed by atoms with Crippen molar-refractivity contribution < 1.29 is 4.79 Å². The van der Waals surface area contributed by atoms with E-state index < -0.39 is 0 Å². The monoisotopic (exact) mass is 305 g/mol. The topological polar surface area (TPSA) is 71.8 Å². The first-order valence-electron chi connectivity index (χ1n) is 6.90. The number of aromatic nitrogens is 3. The molecule has 3 heterocycles. The Hall–Kier alpha value is -1.92. The van der Waals surface area contributed by atoms with Crippen LogP contribution < -0.4 is 10.6 Å². The van der Waals surface area contributed by atoms with Gasteiger partial charge in [-0.3, -0.25) is 4.79 Å². The third kappa shape index (κ3) is 3.22. The minimum atomic E-state index is -0.187. The van der Waals surface area contributed by atoms with Crippen LogP contribution in [-0.2, 0) is 0 Å². The highest BCUT2D eigenvalue weighted by molar-refractivity contribution is 6.29. The molecule has 1 saturated heterocycles. The van der Waals surface area contributed by atoms with Gasteiger partial charge in [0.1, 0.15) is 23.0 Å². The van der Waals surface area contributed by atoms with Gasteiger partial charge < -0.3 is 15.2 Å². The maximum atomic E-state index is 12.4. The molecule has 2 aromatic heterocycles. The molecule has 0 saturated carbocycles. The molecule has 1 aliphatic rings. The molecule has 110 valence electrons. The van der Waals surface area contributed by atoms with E-state index in [1.54, 1.807) is 0 Å². The molecule has 1 aliphatic heterocycles. The van der Waals surface area contributed by atoms with Crippen LogP contribution in [0.1, 0.15) is 29.4 Å². The van der Waals surface area contributed by atoms with Gasteiger partial charge in [-0.05, 0) is 38.1 Å². The molecule has 2 N–H and O–H groups in total. The third-order valence-electron chi connectivity index (χ3n) is 3.59. The van der Waals surface area contributed by atoms with Crippen molar-refractivity contribution in [1.29, 1.82) is 0 Å². The number of carbonyl (C=O) groups is 1. The van der Waals surface area contributed by atoms with Crippen molar-refractivity contribution in [1.82, 2.24) is 19.9 Å². The molecule has 0 aliphatic carbocycles. The average molecular weight is 306 g/mol. The summed E-state index contributed by atoms with van der Waals surface area (Å²) in [4.78, 5) is 20.2. The summed E-state index contributed by atoms with van der Waals surface area (Å²) < 4.78 is 2.04. The van der Waals surface area contributed by atoms with Crippen LogP contribution in [0.3, 0.4) is 0 Å². The van der Waals surface area contributed by atoms with Crippen molar-refractivity contribution in [3.05, 3.63) is 41.6 Å². The van der Waals surface area contributed by atoms with E-state index in [1.165, 1.54) is 12.4 Å². The van der Waals surface area contributed by atoms with Gasteiger partial charge in [-0.1, -0.05) is 11.6 Å². The zero-order valence-corrected chi connectivity index (χ0v) is 12.2. The summed E-state index contributed by atoms with van der Waals surface area (Å²) >= 11 is 5.79. The molecule has 0 radical (unpaired) electrons. The van der Waals surface area contributed by atoms with E-state index in [1.807, 2.05) is 22.9 Å². The number of nitrogens with zero attached hydrogens (tertiary/aromatic N) is 3. The standard InChI is InChI=1S/C14H16ClN5O/c15-12-8-13(18-9-17-12)19-14(21)11-2-1-7-20(11)10-3-5-16-6-4-10/h1-2,7-10,16H,3-6H2,(H,17,18,19,21). The van der Waals surface area contributed by atoms with Crippen LogP contribution in [0.25, 0.3) is 0 Å². The maximum absolute atomic E-state index is 12.4. The first-order valence-corrected chi connectivity index (χ1v) is 7.28. The predicted molar refractivity (Wildman–Crippen MR) is 80.6 cm³/mol. The highest BCUT2D eigenvalue weighted by Gasteiger charge is 2.20. The fraction of sp³-hybridized carbons (Fsp3) is 0.357. The first kappa shape index (κ1) is 14.0. The van der Waals surface area contributed by atoms with Crippen molar-refractivity contribution in [2.45, 2.75) is 18.9 Å². The van der Waals surface area contributed by atoms with Crippen LogP contribution in [0.4, 0.5) is 5.82 Å². The first-order chi connectivity index (χ1) is 10.2. The SMILES string of the molecule is O=C(Nc1cc(Cl)ncn1)c1cccn1C1CCNCC1. The van der Waals surface area contributed by atoms with Crippen LogP contribution in [0, 0.1) is 0 Å². The van der Waals surface area contributed by atoms with E-state index in [0.29, 0.717) is 22.7 Å². The van der Waals surface area contributed by atoms with E-state index >= 15 is 0 Å². The molecule has 2 aromatic rings. The van der Waals surface area contributed by atoms with Crippen molar-refractivity contribution in [3.8, 4) is 0 Å². The number of piperidine rings is 1. The van der Waals surface area contributed by atoms with Gasteiger partial charge in [0.15, 0.2) is 0 Å². The Morgan fingerprint density at radius 1 is 1.38 bits per heavy atom. The van der Waals surface area contributed by atoms with Crippen LogP contribution >= 0.6 is 11.6 Å². The van der Waals surface area contributed by atoms with Gasteiger partial charge in [0.05, 0.1) is 0 Å². The third-order valence-corrected chi connectivity index (χ3v) is 3.80. The molecule has 0 aromatic carbocycles. The molecule has 1 amide bonds. The Morgan fingerprint density at radius 3 is 2.95 bits per heavy atom. The fourth-order valence-corrected chi connectivity index (χ4v) is 2.72. The second kappa shape index (κ2) is 6.24. The Kier molecular flexibility index (Phi) is 4.17. The lowest BCUT2D eigenvalue weighted by molar-refractivity contribution is 0.101. The quantitative estimate of drug-likeness (QED) is 0.852. The number of hydrogen-bond donors (Lipinski definition) is 2. The van der Waals surface area contributed by atoms with Crippen molar-refractivity contribution in [2.75, 3.05) is 18.4 Å². The van der Waals surface area contributed by atoms with E-state index in [2.05, 4.69) is 20.6 Å². The summed E-state index contributed by atoms with van der Waals surface area (Å²) in [6.45, 7) is 1.96. The molecule has 21 heavy (non-hydrogen) atoms. The number of hydrogen-bond acceptors (Lipinski definition) is 4. The highest BCUT2D eigenvalue weighted by atomic mass is 35.5. The molecule has 7 heteroatoms. The number of anilines is 1. The van der Waals surface area contributed by atoms with E-state index in [0.717, 1.165) is 25.9 Å². The zero-order valence-electron chi connectivity index (χ0n) is 11.4. The van der Waals surface area contributed by atoms with Gasteiger partial charge >= 0.3 is 0 Å². The van der Waals surface area contributed by atoms with Crippen LogP contribution in [-0.4, -0.2) is 33.5 Å². The summed E-state index contributed by atoms with van der Waals surface area (Å²) in [5.41, 5.74) is 0.636. The van der Waals surface area contributed by atoms with E-state index in [-0.39, 0.29) is 5.91 Å². The van der Waals surface area contributed by atoms with Gasteiger partial charge in [-0.25, -0.2) is 9.97 Å². The van der Waals surface area contributed by atoms with E-state index in [9.17, 15) is 4.79 Å². The van der Waals surface area contributed by atoms with Crippen LogP contribution in [0.15, 0.2) is 30.7 Å².